The molecule has 0 atom stereocenters. The van der Waals surface area contributed by atoms with E-state index in [4.69, 9.17) is 17.4 Å². The van der Waals surface area contributed by atoms with Gasteiger partial charge in [0.05, 0.1) is 5.75 Å². The van der Waals surface area contributed by atoms with Gasteiger partial charge in [0.15, 0.2) is 5.82 Å². The minimum atomic E-state index is -0.0679. The Morgan fingerprint density at radius 3 is 2.70 bits per heavy atom. The van der Waals surface area contributed by atoms with Gasteiger partial charge < -0.3 is 11.2 Å². The summed E-state index contributed by atoms with van der Waals surface area (Å²) in [5.74, 6) is 7.88. The highest BCUT2D eigenvalue weighted by Crippen LogP contribution is 2.27. The molecular weight excluding hydrogens is 382 g/mol. The van der Waals surface area contributed by atoms with Gasteiger partial charge in [-0.25, -0.2) is 4.68 Å². The van der Waals surface area contributed by atoms with E-state index in [2.05, 4.69) is 15.5 Å². The maximum Gasteiger partial charge on any atom is 0.230 e. The van der Waals surface area contributed by atoms with Gasteiger partial charge in [-0.05, 0) is 30.0 Å². The Balaban J connectivity index is 1.41. The van der Waals surface area contributed by atoms with E-state index in [-0.39, 0.29) is 11.7 Å². The Bertz CT molecular complexity index is 743. The molecule has 0 radical (unpaired) electrons. The molecule has 27 heavy (non-hydrogen) atoms. The molecule has 1 amide bonds. The number of benzene rings is 1. The topological polar surface area (TPSA) is 85.8 Å². The second-order valence-electron chi connectivity index (χ2n) is 7.00. The van der Waals surface area contributed by atoms with Crippen LogP contribution < -0.4 is 11.2 Å². The molecule has 146 valence electrons. The second-order valence-corrected chi connectivity index (χ2v) is 8.38. The number of thioether (sulfide) groups is 1. The largest absolute Gasteiger partial charge is 0.351 e. The lowest BCUT2D eigenvalue weighted by Crippen LogP contribution is -2.25. The van der Waals surface area contributed by atoms with Crippen molar-refractivity contribution >= 4 is 29.3 Å². The Labute approximate surface area is 169 Å². The number of aryl methyl sites for hydroxylation is 1. The van der Waals surface area contributed by atoms with Crippen LogP contribution in [0.3, 0.4) is 0 Å². The predicted molar refractivity (Wildman–Crippen MR) is 109 cm³/mol. The van der Waals surface area contributed by atoms with E-state index in [1.807, 2.05) is 24.3 Å². The number of nitrogens with one attached hydrogen (secondary N) is 1. The lowest BCUT2D eigenvalue weighted by Gasteiger charge is -2.20. The number of carbonyl (C=O) groups is 1. The van der Waals surface area contributed by atoms with Crippen LogP contribution >= 0.6 is 23.4 Å². The molecule has 1 aromatic heterocycles. The average Bonchev–Trinajstić information content (AvgIpc) is 3.05. The third-order valence-electron chi connectivity index (χ3n) is 4.97. The number of nitrogens with zero attached hydrogens (tertiary/aromatic N) is 3. The smallest absolute Gasteiger partial charge is 0.230 e. The van der Waals surface area contributed by atoms with Crippen molar-refractivity contribution in [3.05, 3.63) is 40.7 Å². The summed E-state index contributed by atoms with van der Waals surface area (Å²) < 4.78 is 1.53. The summed E-state index contributed by atoms with van der Waals surface area (Å²) in [5.41, 5.74) is 1.00. The van der Waals surface area contributed by atoms with Gasteiger partial charge in [-0.2, -0.15) is 0 Å². The van der Waals surface area contributed by atoms with E-state index in [0.717, 1.165) is 30.1 Å². The van der Waals surface area contributed by atoms with Crippen LogP contribution in [-0.4, -0.2) is 26.5 Å². The summed E-state index contributed by atoms with van der Waals surface area (Å²) in [6.07, 6.45) is 8.63. The van der Waals surface area contributed by atoms with Gasteiger partial charge in [-0.15, -0.1) is 10.2 Å². The first-order valence-corrected chi connectivity index (χ1v) is 10.8. The molecule has 0 bridgehead atoms. The molecule has 2 aromatic rings. The number of hydrogen-bond acceptors (Lipinski definition) is 5. The fourth-order valence-corrected chi connectivity index (χ4v) is 4.20. The van der Waals surface area contributed by atoms with Crippen LogP contribution in [0.15, 0.2) is 29.4 Å². The van der Waals surface area contributed by atoms with Crippen LogP contribution in [0, 0.1) is 5.92 Å². The summed E-state index contributed by atoms with van der Waals surface area (Å²) in [7, 11) is 0. The monoisotopic (exact) mass is 407 g/mol. The summed E-state index contributed by atoms with van der Waals surface area (Å²) in [4.78, 5) is 12.1. The molecule has 1 fully saturated rings. The normalized spacial score (nSPS) is 15.0. The summed E-state index contributed by atoms with van der Waals surface area (Å²) in [5, 5.41) is 12.5. The van der Waals surface area contributed by atoms with Crippen molar-refractivity contribution in [2.75, 3.05) is 11.6 Å². The van der Waals surface area contributed by atoms with Crippen molar-refractivity contribution in [3.63, 3.8) is 0 Å². The molecule has 0 unspecified atom stereocenters. The van der Waals surface area contributed by atoms with E-state index in [9.17, 15) is 4.79 Å². The predicted octanol–water partition coefficient (Wildman–Crippen LogP) is 3.57. The number of nitrogen functional groups attached to an aromatic ring is 1. The van der Waals surface area contributed by atoms with Crippen molar-refractivity contribution in [2.45, 2.75) is 56.6 Å². The quantitative estimate of drug-likeness (QED) is 0.516. The Morgan fingerprint density at radius 2 is 1.96 bits per heavy atom. The van der Waals surface area contributed by atoms with Gasteiger partial charge in [-0.1, -0.05) is 67.6 Å². The fraction of sp³-hybridized carbons (Fsp3) is 0.526. The fourth-order valence-electron chi connectivity index (χ4n) is 3.37. The third-order valence-corrected chi connectivity index (χ3v) is 6.17. The zero-order valence-corrected chi connectivity index (χ0v) is 16.9. The standard InChI is InChI=1S/C19H26ClN5OS/c20-16-9-6-15(7-10-16)12-22-18(26)13-27-19-24-23-17(25(19)21)11-8-14-4-2-1-3-5-14/h6-7,9-10,14H,1-5,8,11-13,21H2,(H,22,26). The van der Waals surface area contributed by atoms with Gasteiger partial charge in [0.1, 0.15) is 0 Å². The maximum atomic E-state index is 12.1. The van der Waals surface area contributed by atoms with E-state index >= 15 is 0 Å². The van der Waals surface area contributed by atoms with Crippen molar-refractivity contribution in [1.29, 1.82) is 0 Å². The molecule has 1 saturated carbocycles. The summed E-state index contributed by atoms with van der Waals surface area (Å²) in [6, 6.07) is 7.41. The lowest BCUT2D eigenvalue weighted by atomic mass is 9.86. The third kappa shape index (κ3) is 6.14. The minimum absolute atomic E-state index is 0.0679. The number of carbonyl (C=O) groups excluding carboxylic acids is 1. The van der Waals surface area contributed by atoms with Crippen molar-refractivity contribution < 1.29 is 4.79 Å². The van der Waals surface area contributed by atoms with E-state index in [0.29, 0.717) is 16.7 Å². The highest BCUT2D eigenvalue weighted by molar-refractivity contribution is 7.99. The number of halogens is 1. The maximum absolute atomic E-state index is 12.1. The van der Waals surface area contributed by atoms with Crippen LogP contribution in [0.2, 0.25) is 5.02 Å². The number of aromatic nitrogens is 3. The van der Waals surface area contributed by atoms with Crippen LogP contribution in [-0.2, 0) is 17.8 Å². The first-order chi connectivity index (χ1) is 13.1. The van der Waals surface area contributed by atoms with Crippen LogP contribution in [0.5, 0.6) is 0 Å². The number of amides is 1. The first kappa shape index (κ1) is 20.0. The Hall–Kier alpha value is -1.73. The zero-order valence-electron chi connectivity index (χ0n) is 15.4. The van der Waals surface area contributed by atoms with Gasteiger partial charge >= 0.3 is 0 Å². The Kier molecular flexibility index (Phi) is 7.41. The number of rotatable bonds is 8. The number of nitrogens with two attached hydrogens (primary N) is 1. The van der Waals surface area contributed by atoms with Crippen molar-refractivity contribution in [2.24, 2.45) is 5.92 Å². The van der Waals surface area contributed by atoms with Crippen LogP contribution in [0.25, 0.3) is 0 Å². The molecule has 6 nitrogen and oxygen atoms in total. The van der Waals surface area contributed by atoms with E-state index in [1.54, 1.807) is 0 Å². The molecule has 1 aliphatic carbocycles. The molecule has 8 heteroatoms. The Morgan fingerprint density at radius 1 is 1.22 bits per heavy atom. The molecule has 0 saturated heterocycles. The second kappa shape index (κ2) is 9.99. The molecule has 0 aliphatic heterocycles. The molecule has 3 N–H and O–H groups in total. The highest BCUT2D eigenvalue weighted by Gasteiger charge is 2.16. The van der Waals surface area contributed by atoms with Crippen molar-refractivity contribution in [3.8, 4) is 0 Å². The molecular formula is C19H26ClN5OS. The number of hydrogen-bond donors (Lipinski definition) is 2. The molecule has 3 rings (SSSR count). The van der Waals surface area contributed by atoms with Gasteiger partial charge in [0.2, 0.25) is 11.1 Å². The molecule has 0 spiro atoms. The molecule has 1 aromatic carbocycles. The van der Waals surface area contributed by atoms with Crippen molar-refractivity contribution in [1.82, 2.24) is 20.2 Å². The lowest BCUT2D eigenvalue weighted by molar-refractivity contribution is -0.118. The van der Waals surface area contributed by atoms with E-state index < -0.39 is 0 Å². The minimum Gasteiger partial charge on any atom is -0.351 e. The van der Waals surface area contributed by atoms with Gasteiger partial charge in [-0.3, -0.25) is 4.79 Å². The van der Waals surface area contributed by atoms with Gasteiger partial charge in [0, 0.05) is 18.0 Å². The molecule has 1 heterocycles. The zero-order chi connectivity index (χ0) is 19.1. The first-order valence-electron chi connectivity index (χ1n) is 9.45. The molecule has 1 aliphatic rings. The van der Waals surface area contributed by atoms with Crippen LogP contribution in [0.1, 0.15) is 49.9 Å². The van der Waals surface area contributed by atoms with E-state index in [1.165, 1.54) is 48.5 Å². The summed E-state index contributed by atoms with van der Waals surface area (Å²) >= 11 is 7.16. The SMILES string of the molecule is Nn1c(CCC2CCCCC2)nnc1SCC(=O)NCc1ccc(Cl)cc1. The summed E-state index contributed by atoms with van der Waals surface area (Å²) in [6.45, 7) is 0.471. The highest BCUT2D eigenvalue weighted by atomic mass is 35.5. The van der Waals surface area contributed by atoms with Crippen LogP contribution in [0.4, 0.5) is 0 Å². The average molecular weight is 408 g/mol. The van der Waals surface area contributed by atoms with Gasteiger partial charge in [0.25, 0.3) is 0 Å².